The maximum absolute atomic E-state index is 14.5. The van der Waals surface area contributed by atoms with Gasteiger partial charge in [-0.3, -0.25) is 0 Å². The molecule has 1 aromatic carbocycles. The van der Waals surface area contributed by atoms with Gasteiger partial charge in [0.15, 0.2) is 11.6 Å². The lowest BCUT2D eigenvalue weighted by Gasteiger charge is -2.32. The first-order chi connectivity index (χ1) is 14.6. The van der Waals surface area contributed by atoms with Crippen LogP contribution in [0.2, 0.25) is 18.1 Å². The van der Waals surface area contributed by atoms with Crippen LogP contribution in [0.15, 0.2) is 12.1 Å². The average molecular weight is 437 g/mol. The first-order valence-corrected chi connectivity index (χ1v) is 15.2. The molecule has 0 aromatic heterocycles. The molecule has 2 aliphatic rings. The highest BCUT2D eigenvalue weighted by molar-refractivity contribution is 6.58. The molecule has 170 valence electrons. The Bertz CT molecular complexity index is 634. The number of rotatable bonds is 10. The third-order valence-corrected chi connectivity index (χ3v) is 11.4. The lowest BCUT2D eigenvalue weighted by atomic mass is 9.76. The van der Waals surface area contributed by atoms with Crippen LogP contribution in [0, 0.1) is 23.5 Å². The van der Waals surface area contributed by atoms with Gasteiger partial charge in [0.25, 0.3) is 0 Å². The molecule has 0 atom stereocenters. The first kappa shape index (κ1) is 23.8. The summed E-state index contributed by atoms with van der Waals surface area (Å²) in [5.74, 6) is 0.452. The monoisotopic (exact) mass is 436 g/mol. The second kappa shape index (κ2) is 12.2. The van der Waals surface area contributed by atoms with Crippen molar-refractivity contribution in [1.82, 2.24) is 0 Å². The Morgan fingerprint density at radius 1 is 0.867 bits per heavy atom. The molecule has 1 saturated heterocycles. The summed E-state index contributed by atoms with van der Waals surface area (Å²) >= 11 is 0. The second-order valence-electron chi connectivity index (χ2n) is 9.89. The van der Waals surface area contributed by atoms with Gasteiger partial charge in [-0.1, -0.05) is 76.1 Å². The Morgan fingerprint density at radius 2 is 1.53 bits per heavy atom. The Hall–Kier alpha value is -0.903. The van der Waals surface area contributed by atoms with Crippen molar-refractivity contribution in [3.05, 3.63) is 29.3 Å². The zero-order valence-corrected chi connectivity index (χ0v) is 20.4. The molecular formula is C26H42F2OSi. The summed E-state index contributed by atoms with van der Waals surface area (Å²) in [6, 6.07) is 8.11. The summed E-state index contributed by atoms with van der Waals surface area (Å²) in [6.45, 7) is 4.44. The van der Waals surface area contributed by atoms with E-state index in [1.165, 1.54) is 57.8 Å². The van der Waals surface area contributed by atoms with E-state index in [4.69, 9.17) is 4.74 Å². The number of halogens is 2. The molecule has 1 saturated carbocycles. The van der Waals surface area contributed by atoms with E-state index < -0.39 is 20.4 Å². The molecular weight excluding hydrogens is 394 g/mol. The first-order valence-electron chi connectivity index (χ1n) is 12.7. The fraction of sp³-hybridized carbons (Fsp3) is 0.769. The van der Waals surface area contributed by atoms with Crippen LogP contribution in [0.1, 0.15) is 96.0 Å². The molecule has 0 spiro atoms. The number of hydrogen-bond acceptors (Lipinski definition) is 1. The topological polar surface area (TPSA) is 9.23 Å². The highest BCUT2D eigenvalue weighted by Crippen LogP contribution is 2.41. The summed E-state index contributed by atoms with van der Waals surface area (Å²) in [5, 5.41) is 0. The maximum Gasteiger partial charge on any atom is 0.200 e. The Balaban J connectivity index is 1.38. The molecule has 1 aromatic rings. The molecule has 0 amide bonds. The van der Waals surface area contributed by atoms with E-state index in [-0.39, 0.29) is 11.7 Å². The van der Waals surface area contributed by atoms with Crippen molar-refractivity contribution in [3.63, 3.8) is 0 Å². The van der Waals surface area contributed by atoms with Crippen LogP contribution in [0.3, 0.4) is 0 Å². The van der Waals surface area contributed by atoms with Gasteiger partial charge in [0.2, 0.25) is 5.82 Å². The van der Waals surface area contributed by atoms with Crippen molar-refractivity contribution in [2.45, 2.75) is 109 Å². The minimum atomic E-state index is -0.815. The lowest BCUT2D eigenvalue weighted by Crippen LogP contribution is -2.22. The largest absolute Gasteiger partial charge is 0.491 e. The van der Waals surface area contributed by atoms with Crippen molar-refractivity contribution in [3.8, 4) is 5.75 Å². The third-order valence-electron chi connectivity index (χ3n) is 7.83. The van der Waals surface area contributed by atoms with Crippen molar-refractivity contribution in [2.24, 2.45) is 11.8 Å². The molecule has 0 bridgehead atoms. The summed E-state index contributed by atoms with van der Waals surface area (Å²) in [7, 11) is -0.391. The number of ether oxygens (including phenoxy) is 1. The molecule has 30 heavy (non-hydrogen) atoms. The van der Waals surface area contributed by atoms with E-state index in [2.05, 4.69) is 6.92 Å². The number of hydrogen-bond donors (Lipinski definition) is 0. The van der Waals surface area contributed by atoms with Gasteiger partial charge < -0.3 is 4.74 Å². The summed E-state index contributed by atoms with van der Waals surface area (Å²) in [6.07, 6.45) is 14.3. The maximum atomic E-state index is 14.5. The van der Waals surface area contributed by atoms with E-state index in [1.54, 1.807) is 37.2 Å². The number of unbranched alkanes of at least 4 members (excludes halogenated alkanes) is 2. The van der Waals surface area contributed by atoms with Crippen LogP contribution in [0.4, 0.5) is 8.78 Å². The van der Waals surface area contributed by atoms with Crippen LogP contribution < -0.4 is 4.74 Å². The van der Waals surface area contributed by atoms with E-state index in [0.717, 1.165) is 24.7 Å². The van der Waals surface area contributed by atoms with E-state index in [0.29, 0.717) is 12.2 Å². The fourth-order valence-corrected chi connectivity index (χ4v) is 9.47. The molecule has 1 nitrogen and oxygen atoms in total. The third kappa shape index (κ3) is 6.55. The smallest absolute Gasteiger partial charge is 0.200 e. The van der Waals surface area contributed by atoms with Crippen LogP contribution in [-0.4, -0.2) is 15.4 Å². The summed E-state index contributed by atoms with van der Waals surface area (Å²) in [4.78, 5) is 0. The molecule has 1 aliphatic heterocycles. The van der Waals surface area contributed by atoms with E-state index in [1.807, 2.05) is 0 Å². The summed E-state index contributed by atoms with van der Waals surface area (Å²) < 4.78 is 33.9. The predicted molar refractivity (Wildman–Crippen MR) is 125 cm³/mol. The second-order valence-corrected chi connectivity index (χ2v) is 13.4. The molecule has 0 N–H and O–H groups in total. The fourth-order valence-electron chi connectivity index (χ4n) is 5.85. The van der Waals surface area contributed by atoms with Crippen LogP contribution in [0.5, 0.6) is 5.75 Å². The van der Waals surface area contributed by atoms with Crippen molar-refractivity contribution in [2.75, 3.05) is 6.61 Å². The van der Waals surface area contributed by atoms with Gasteiger partial charge >= 0.3 is 0 Å². The average Bonchev–Trinajstić information content (AvgIpc) is 2.77. The molecule has 2 fully saturated rings. The van der Waals surface area contributed by atoms with Gasteiger partial charge in [-0.15, -0.1) is 0 Å². The Kier molecular flexibility index (Phi) is 9.67. The standard InChI is InChI=1S/C26H42F2OSi/c1-3-5-6-17-30-18-15-21(16-19-30)8-7-20-9-11-22(12-10-20)23-13-14-24(29-4-2)26(28)25(23)27/h13-14,20-22,30H,3-12,15-19H2,1-2H3. The molecule has 0 unspecified atom stereocenters. The van der Waals surface area contributed by atoms with Crippen molar-refractivity contribution >= 4 is 8.80 Å². The SMILES string of the molecule is CCCCC[SiH]1CCC(CCC2CCC(c3ccc(OCC)c(F)c3F)CC2)CC1. The van der Waals surface area contributed by atoms with E-state index >= 15 is 0 Å². The van der Waals surface area contributed by atoms with Crippen LogP contribution >= 0.6 is 0 Å². The molecule has 0 radical (unpaired) electrons. The van der Waals surface area contributed by atoms with Gasteiger partial charge in [-0.2, -0.15) is 4.39 Å². The van der Waals surface area contributed by atoms with Gasteiger partial charge in [-0.05, 0) is 62.0 Å². The lowest BCUT2D eigenvalue weighted by molar-refractivity contribution is 0.275. The van der Waals surface area contributed by atoms with Crippen molar-refractivity contribution in [1.29, 1.82) is 0 Å². The Morgan fingerprint density at radius 3 is 2.17 bits per heavy atom. The number of benzene rings is 1. The molecule has 1 heterocycles. The predicted octanol–water partition coefficient (Wildman–Crippen LogP) is 8.24. The molecule has 3 rings (SSSR count). The van der Waals surface area contributed by atoms with E-state index in [9.17, 15) is 8.78 Å². The zero-order valence-electron chi connectivity index (χ0n) is 19.2. The minimum absolute atomic E-state index is 0.0376. The van der Waals surface area contributed by atoms with Gasteiger partial charge in [-0.25, -0.2) is 4.39 Å². The highest BCUT2D eigenvalue weighted by Gasteiger charge is 2.28. The quantitative estimate of drug-likeness (QED) is 0.265. The van der Waals surface area contributed by atoms with Gasteiger partial charge in [0, 0.05) is 8.80 Å². The molecule has 1 aliphatic carbocycles. The normalized spacial score (nSPS) is 27.2. The zero-order chi connectivity index (χ0) is 21.3. The summed E-state index contributed by atoms with van der Waals surface area (Å²) in [5.41, 5.74) is 0.556. The highest BCUT2D eigenvalue weighted by atomic mass is 28.3. The van der Waals surface area contributed by atoms with Crippen molar-refractivity contribution < 1.29 is 13.5 Å². The van der Waals surface area contributed by atoms with Gasteiger partial charge in [0.05, 0.1) is 6.61 Å². The van der Waals surface area contributed by atoms with Crippen LogP contribution in [-0.2, 0) is 0 Å². The minimum Gasteiger partial charge on any atom is -0.491 e. The van der Waals surface area contributed by atoms with Gasteiger partial charge in [0.1, 0.15) is 0 Å². The Labute approximate surface area is 184 Å². The van der Waals surface area contributed by atoms with Crippen LogP contribution in [0.25, 0.3) is 0 Å². The molecule has 4 heteroatoms.